The van der Waals surface area contributed by atoms with Crippen molar-refractivity contribution in [3.05, 3.63) is 83.4 Å². The van der Waals surface area contributed by atoms with Crippen molar-refractivity contribution in [3.63, 3.8) is 0 Å². The van der Waals surface area contributed by atoms with Gasteiger partial charge in [0.15, 0.2) is 5.69 Å². The number of amides is 1. The van der Waals surface area contributed by atoms with Crippen LogP contribution < -0.4 is 5.32 Å². The molecule has 2 heterocycles. The van der Waals surface area contributed by atoms with E-state index < -0.39 is 23.5 Å². The summed E-state index contributed by atoms with van der Waals surface area (Å²) in [6.07, 6.45) is -2.86. The van der Waals surface area contributed by atoms with Crippen LogP contribution in [0.15, 0.2) is 60.8 Å². The van der Waals surface area contributed by atoms with Gasteiger partial charge in [0.25, 0.3) is 5.91 Å². The fourth-order valence-electron chi connectivity index (χ4n) is 3.73. The lowest BCUT2D eigenvalue weighted by Gasteiger charge is -2.35. The highest BCUT2D eigenvalue weighted by molar-refractivity contribution is 5.92. The van der Waals surface area contributed by atoms with E-state index in [-0.39, 0.29) is 18.3 Å². The van der Waals surface area contributed by atoms with Gasteiger partial charge in [0.2, 0.25) is 0 Å². The molecule has 1 N–H and O–H groups in total. The minimum Gasteiger partial charge on any atom is -0.379 e. The van der Waals surface area contributed by atoms with Crippen LogP contribution in [-0.4, -0.2) is 53.4 Å². The monoisotopic (exact) mass is 462 g/mol. The minimum absolute atomic E-state index is 0.146. The molecule has 174 valence electrons. The van der Waals surface area contributed by atoms with Crippen LogP contribution in [0, 0.1) is 5.82 Å². The second-order valence-corrected chi connectivity index (χ2v) is 7.62. The maximum Gasteiger partial charge on any atom is 0.416 e. The van der Waals surface area contributed by atoms with Crippen LogP contribution >= 0.6 is 0 Å². The van der Waals surface area contributed by atoms with Crippen molar-refractivity contribution >= 4 is 5.91 Å². The maximum atomic E-state index is 13.5. The van der Waals surface area contributed by atoms with Crippen LogP contribution in [0.3, 0.4) is 0 Å². The second kappa shape index (κ2) is 9.72. The first-order chi connectivity index (χ1) is 15.8. The number of rotatable bonds is 6. The lowest BCUT2D eigenvalue weighted by Crippen LogP contribution is -2.43. The van der Waals surface area contributed by atoms with E-state index in [1.807, 2.05) is 0 Å². The van der Waals surface area contributed by atoms with E-state index in [0.717, 1.165) is 12.1 Å². The van der Waals surface area contributed by atoms with Gasteiger partial charge in [-0.15, -0.1) is 0 Å². The Morgan fingerprint density at radius 3 is 2.48 bits per heavy atom. The van der Waals surface area contributed by atoms with Crippen molar-refractivity contribution in [3.8, 4) is 5.69 Å². The van der Waals surface area contributed by atoms with Crippen molar-refractivity contribution in [1.82, 2.24) is 20.0 Å². The summed E-state index contributed by atoms with van der Waals surface area (Å²) in [5, 5.41) is 7.03. The number of alkyl halides is 3. The summed E-state index contributed by atoms with van der Waals surface area (Å²) in [5.41, 5.74) is 0.562. The Balaban J connectivity index is 1.48. The molecule has 1 aliphatic heterocycles. The third-order valence-corrected chi connectivity index (χ3v) is 5.46. The van der Waals surface area contributed by atoms with E-state index in [2.05, 4.69) is 15.3 Å². The molecule has 1 atom stereocenters. The number of nitrogens with one attached hydrogen (secondary N) is 1. The molecule has 0 bridgehead atoms. The van der Waals surface area contributed by atoms with E-state index in [4.69, 9.17) is 4.74 Å². The first-order valence-corrected chi connectivity index (χ1v) is 10.4. The highest BCUT2D eigenvalue weighted by atomic mass is 19.4. The van der Waals surface area contributed by atoms with Crippen LogP contribution in [0.4, 0.5) is 17.6 Å². The minimum atomic E-state index is -4.41. The first kappa shape index (κ1) is 22.9. The maximum absolute atomic E-state index is 13.5. The fourth-order valence-corrected chi connectivity index (χ4v) is 3.73. The van der Waals surface area contributed by atoms with E-state index >= 15 is 0 Å². The lowest BCUT2D eigenvalue weighted by atomic mass is 10.0. The van der Waals surface area contributed by atoms with E-state index in [1.165, 1.54) is 35.0 Å². The summed E-state index contributed by atoms with van der Waals surface area (Å²) >= 11 is 0. The van der Waals surface area contributed by atoms with Gasteiger partial charge in [0, 0.05) is 25.8 Å². The second-order valence-electron chi connectivity index (χ2n) is 7.62. The number of ether oxygens (including phenoxy) is 1. The van der Waals surface area contributed by atoms with Crippen LogP contribution in [0.1, 0.15) is 27.7 Å². The summed E-state index contributed by atoms with van der Waals surface area (Å²) in [6.45, 7) is 2.37. The predicted octanol–water partition coefficient (Wildman–Crippen LogP) is 3.83. The van der Waals surface area contributed by atoms with Crippen molar-refractivity contribution in [2.24, 2.45) is 0 Å². The molecule has 3 aromatic rings. The van der Waals surface area contributed by atoms with Gasteiger partial charge in [-0.1, -0.05) is 18.2 Å². The number of aromatic nitrogens is 2. The largest absolute Gasteiger partial charge is 0.416 e. The number of carbonyl (C=O) groups excluding carboxylic acids is 1. The van der Waals surface area contributed by atoms with Crippen molar-refractivity contribution in [2.75, 3.05) is 32.8 Å². The smallest absolute Gasteiger partial charge is 0.379 e. The number of halogens is 4. The van der Waals surface area contributed by atoms with Crippen LogP contribution in [-0.2, 0) is 10.9 Å². The number of nitrogens with zero attached hydrogens (tertiary/aromatic N) is 3. The Labute approximate surface area is 187 Å². The number of hydrogen-bond acceptors (Lipinski definition) is 4. The molecule has 2 aromatic carbocycles. The normalized spacial score (nSPS) is 15.9. The number of benzene rings is 2. The van der Waals surface area contributed by atoms with Crippen LogP contribution in [0.25, 0.3) is 5.69 Å². The Hall–Kier alpha value is -3.24. The number of hydrogen-bond donors (Lipinski definition) is 1. The third-order valence-electron chi connectivity index (χ3n) is 5.46. The summed E-state index contributed by atoms with van der Waals surface area (Å²) in [5.74, 6) is -0.853. The predicted molar refractivity (Wildman–Crippen MR) is 112 cm³/mol. The van der Waals surface area contributed by atoms with E-state index in [0.29, 0.717) is 37.6 Å². The molecule has 0 spiro atoms. The molecule has 1 aliphatic rings. The van der Waals surface area contributed by atoms with Gasteiger partial charge >= 0.3 is 6.18 Å². The molecular formula is C23H22F4N4O2. The average molecular weight is 462 g/mol. The fraction of sp³-hybridized carbons (Fsp3) is 0.304. The summed E-state index contributed by atoms with van der Waals surface area (Å²) in [7, 11) is 0. The molecule has 0 unspecified atom stereocenters. The molecule has 1 fully saturated rings. The molecule has 6 nitrogen and oxygen atoms in total. The van der Waals surface area contributed by atoms with E-state index in [1.54, 1.807) is 18.3 Å². The molecule has 1 saturated heterocycles. The highest BCUT2D eigenvalue weighted by Crippen LogP contribution is 2.31. The average Bonchev–Trinajstić information content (AvgIpc) is 3.30. The van der Waals surface area contributed by atoms with Crippen molar-refractivity contribution in [2.45, 2.75) is 12.2 Å². The molecule has 4 rings (SSSR count). The molecule has 0 saturated carbocycles. The van der Waals surface area contributed by atoms with Gasteiger partial charge < -0.3 is 10.1 Å². The summed E-state index contributed by atoms with van der Waals surface area (Å²) < 4.78 is 59.1. The summed E-state index contributed by atoms with van der Waals surface area (Å²) in [4.78, 5) is 14.8. The topological polar surface area (TPSA) is 59.4 Å². The third kappa shape index (κ3) is 5.58. The molecule has 0 radical (unpaired) electrons. The zero-order chi connectivity index (χ0) is 23.4. The number of morpholine rings is 1. The number of carbonyl (C=O) groups is 1. The van der Waals surface area contributed by atoms with Gasteiger partial charge in [-0.05, 0) is 42.0 Å². The van der Waals surface area contributed by atoms with Gasteiger partial charge in [0.05, 0.1) is 30.5 Å². The molecule has 33 heavy (non-hydrogen) atoms. The standard InChI is InChI=1S/C23H22F4N4O2/c24-18-2-1-3-19(14-18)31-9-8-20(29-31)22(32)28-15-21(30-10-12-33-13-11-30)16-4-6-17(7-5-16)23(25,26)27/h1-9,14,21H,10-13,15H2,(H,28,32)/t21-/m1/s1. The molecular weight excluding hydrogens is 440 g/mol. The first-order valence-electron chi connectivity index (χ1n) is 10.4. The Kier molecular flexibility index (Phi) is 6.75. The molecule has 1 aromatic heterocycles. The van der Waals surface area contributed by atoms with Gasteiger partial charge in [-0.2, -0.15) is 18.3 Å². The SMILES string of the molecule is O=C(NC[C@H](c1ccc(C(F)(F)F)cc1)N1CCOCC1)c1ccn(-c2cccc(F)c2)n1. The van der Waals surface area contributed by atoms with Gasteiger partial charge in [-0.3, -0.25) is 9.69 Å². The molecule has 0 aliphatic carbocycles. The lowest BCUT2D eigenvalue weighted by molar-refractivity contribution is -0.137. The summed E-state index contributed by atoms with van der Waals surface area (Å²) in [6, 6.07) is 12.0. The van der Waals surface area contributed by atoms with Crippen molar-refractivity contribution < 1.29 is 27.1 Å². The van der Waals surface area contributed by atoms with Crippen molar-refractivity contribution in [1.29, 1.82) is 0 Å². The molecule has 10 heteroatoms. The Bertz CT molecular complexity index is 1090. The van der Waals surface area contributed by atoms with Crippen LogP contribution in [0.2, 0.25) is 0 Å². The van der Waals surface area contributed by atoms with Gasteiger partial charge in [0.1, 0.15) is 5.82 Å². The Morgan fingerprint density at radius 2 is 1.82 bits per heavy atom. The zero-order valence-corrected chi connectivity index (χ0v) is 17.6. The quantitative estimate of drug-likeness (QED) is 0.566. The highest BCUT2D eigenvalue weighted by Gasteiger charge is 2.31. The Morgan fingerprint density at radius 1 is 1.09 bits per heavy atom. The van der Waals surface area contributed by atoms with Crippen LogP contribution in [0.5, 0.6) is 0 Å². The molecule has 1 amide bonds. The van der Waals surface area contributed by atoms with E-state index in [9.17, 15) is 22.4 Å². The van der Waals surface area contributed by atoms with Gasteiger partial charge in [-0.25, -0.2) is 9.07 Å². The zero-order valence-electron chi connectivity index (χ0n) is 17.6.